The number of esters is 1. The highest BCUT2D eigenvalue weighted by Crippen LogP contribution is 2.36. The van der Waals surface area contributed by atoms with E-state index >= 15 is 0 Å². The first-order valence-corrected chi connectivity index (χ1v) is 7.97. The molecule has 0 aliphatic heterocycles. The summed E-state index contributed by atoms with van der Waals surface area (Å²) in [6.07, 6.45) is 0. The molecule has 0 bridgehead atoms. The number of hydrogen-bond donors (Lipinski definition) is 2. The fourth-order valence-corrected chi connectivity index (χ4v) is 2.37. The Hall–Kier alpha value is -2.04. The van der Waals surface area contributed by atoms with Crippen LogP contribution in [0.5, 0.6) is 5.75 Å². The molecule has 0 amide bonds. The Morgan fingerprint density at radius 2 is 2.00 bits per heavy atom. The smallest absolute Gasteiger partial charge is 0.340 e. The number of ether oxygens (including phenoxy) is 1. The second-order valence-electron chi connectivity index (χ2n) is 4.23. The lowest BCUT2D eigenvalue weighted by Crippen LogP contribution is -2.28. The van der Waals surface area contributed by atoms with Crippen LogP contribution in [-0.2, 0) is 24.4 Å². The minimum Gasteiger partial charge on any atom is -0.504 e. The van der Waals surface area contributed by atoms with E-state index in [0.717, 1.165) is 19.1 Å². The maximum absolute atomic E-state index is 11.6. The Labute approximate surface area is 136 Å². The number of azo groups is 1. The number of rotatable bonds is 6. The fourth-order valence-electron chi connectivity index (χ4n) is 1.47. The Balaban J connectivity index is 3.29. The highest BCUT2D eigenvalue weighted by molar-refractivity contribution is 7.86. The number of ketones is 1. The number of Topliss-reactive ketones (excluding diaryl/α,β-unsaturated/α-hetero) is 1. The molecule has 0 radical (unpaired) electrons. The molecule has 0 aliphatic rings. The van der Waals surface area contributed by atoms with Crippen LogP contribution in [-0.4, -0.2) is 42.5 Å². The molecule has 23 heavy (non-hydrogen) atoms. The van der Waals surface area contributed by atoms with Gasteiger partial charge in [0.2, 0.25) is 6.04 Å². The zero-order chi connectivity index (χ0) is 17.8. The molecule has 1 rings (SSSR count). The summed E-state index contributed by atoms with van der Waals surface area (Å²) in [5, 5.41) is 16.5. The van der Waals surface area contributed by atoms with E-state index < -0.39 is 44.2 Å². The summed E-state index contributed by atoms with van der Waals surface area (Å²) in [5.41, 5.74) is -0.444. The van der Waals surface area contributed by atoms with Gasteiger partial charge in [0, 0.05) is 5.02 Å². The van der Waals surface area contributed by atoms with Crippen molar-refractivity contribution >= 4 is 39.2 Å². The van der Waals surface area contributed by atoms with Crippen molar-refractivity contribution in [3.63, 3.8) is 0 Å². The number of nitrogens with zero attached hydrogens (tertiary/aromatic N) is 2. The van der Waals surface area contributed by atoms with Gasteiger partial charge in [-0.25, -0.2) is 4.79 Å². The van der Waals surface area contributed by atoms with Gasteiger partial charge in [-0.15, -0.1) is 0 Å². The molecule has 0 fully saturated rings. The van der Waals surface area contributed by atoms with E-state index in [1.54, 1.807) is 0 Å². The molecule has 1 aromatic carbocycles. The Morgan fingerprint density at radius 1 is 1.39 bits per heavy atom. The molecule has 126 valence electrons. The zero-order valence-corrected chi connectivity index (χ0v) is 13.6. The topological polar surface area (TPSA) is 143 Å². The molecular formula is C12H13ClN2O7S. The van der Waals surface area contributed by atoms with Gasteiger partial charge in [-0.3, -0.25) is 9.35 Å². The SMILES string of the molecule is CCOC(=O)C(N=Nc1cc(Cl)cc(S(=O)(=O)O)c1O)C(C)=O. The molecule has 0 saturated carbocycles. The van der Waals surface area contributed by atoms with Crippen LogP contribution in [0.25, 0.3) is 0 Å². The lowest BCUT2D eigenvalue weighted by molar-refractivity contribution is -0.147. The number of carbonyl (C=O) groups excluding carboxylic acids is 2. The van der Waals surface area contributed by atoms with Crippen molar-refractivity contribution in [1.82, 2.24) is 0 Å². The molecular weight excluding hydrogens is 352 g/mol. The molecule has 1 atom stereocenters. The lowest BCUT2D eigenvalue weighted by atomic mass is 10.2. The van der Waals surface area contributed by atoms with Gasteiger partial charge < -0.3 is 9.84 Å². The molecule has 1 unspecified atom stereocenters. The van der Waals surface area contributed by atoms with Crippen LogP contribution in [0, 0.1) is 0 Å². The summed E-state index contributed by atoms with van der Waals surface area (Å²) in [6.45, 7) is 2.64. The van der Waals surface area contributed by atoms with Gasteiger partial charge in [0.25, 0.3) is 10.1 Å². The zero-order valence-electron chi connectivity index (χ0n) is 12.1. The second-order valence-corrected chi connectivity index (χ2v) is 6.05. The Morgan fingerprint density at radius 3 is 2.48 bits per heavy atom. The monoisotopic (exact) mass is 364 g/mol. The molecule has 1 aromatic rings. The van der Waals surface area contributed by atoms with Crippen molar-refractivity contribution in [2.45, 2.75) is 24.8 Å². The lowest BCUT2D eigenvalue weighted by Gasteiger charge is -2.08. The molecule has 0 aliphatic carbocycles. The number of halogens is 1. The van der Waals surface area contributed by atoms with E-state index in [0.29, 0.717) is 0 Å². The number of carbonyl (C=O) groups is 2. The molecule has 0 saturated heterocycles. The summed E-state index contributed by atoms with van der Waals surface area (Å²) in [5.74, 6) is -2.53. The number of aromatic hydroxyl groups is 1. The summed E-state index contributed by atoms with van der Waals surface area (Å²) in [7, 11) is -4.75. The van der Waals surface area contributed by atoms with Crippen molar-refractivity contribution in [2.24, 2.45) is 10.2 Å². The predicted octanol–water partition coefficient (Wildman–Crippen LogP) is 1.90. The highest BCUT2D eigenvalue weighted by Gasteiger charge is 2.25. The number of phenols is 1. The maximum atomic E-state index is 11.6. The van der Waals surface area contributed by atoms with E-state index in [4.69, 9.17) is 16.2 Å². The van der Waals surface area contributed by atoms with Gasteiger partial charge >= 0.3 is 5.97 Å². The van der Waals surface area contributed by atoms with Gasteiger partial charge in [0.1, 0.15) is 10.6 Å². The van der Waals surface area contributed by atoms with Gasteiger partial charge in [-0.1, -0.05) is 11.6 Å². The quantitative estimate of drug-likeness (QED) is 0.339. The van der Waals surface area contributed by atoms with Gasteiger partial charge in [0.05, 0.1) is 6.61 Å². The van der Waals surface area contributed by atoms with E-state index in [2.05, 4.69) is 15.0 Å². The van der Waals surface area contributed by atoms with Gasteiger partial charge in [-0.2, -0.15) is 18.6 Å². The maximum Gasteiger partial charge on any atom is 0.340 e. The number of benzene rings is 1. The first kappa shape index (κ1) is 19.0. The van der Waals surface area contributed by atoms with Crippen molar-refractivity contribution in [1.29, 1.82) is 0 Å². The average Bonchev–Trinajstić information content (AvgIpc) is 2.41. The van der Waals surface area contributed by atoms with Crippen LogP contribution < -0.4 is 0 Å². The summed E-state index contributed by atoms with van der Waals surface area (Å²) < 4.78 is 35.9. The summed E-state index contributed by atoms with van der Waals surface area (Å²) >= 11 is 5.67. The molecule has 11 heteroatoms. The van der Waals surface area contributed by atoms with Crippen LogP contribution in [0.2, 0.25) is 5.02 Å². The molecule has 0 aromatic heterocycles. The third kappa shape index (κ3) is 4.98. The largest absolute Gasteiger partial charge is 0.504 e. The minimum atomic E-state index is -4.75. The van der Waals surface area contributed by atoms with Crippen LogP contribution in [0.1, 0.15) is 13.8 Å². The van der Waals surface area contributed by atoms with Gasteiger partial charge in [-0.05, 0) is 26.0 Å². The normalized spacial score (nSPS) is 13.0. The van der Waals surface area contributed by atoms with Crippen molar-refractivity contribution in [3.05, 3.63) is 17.2 Å². The number of hydrogen-bond acceptors (Lipinski definition) is 8. The third-order valence-electron chi connectivity index (χ3n) is 2.47. The Bertz CT molecular complexity index is 761. The second kappa shape index (κ2) is 7.49. The minimum absolute atomic E-state index is 0.0213. The van der Waals surface area contributed by atoms with E-state index in [1.165, 1.54) is 6.92 Å². The summed E-state index contributed by atoms with van der Waals surface area (Å²) in [4.78, 5) is 22.1. The standard InChI is InChI=1S/C12H13ClN2O7S/c1-3-22-12(18)10(6(2)16)15-14-8-4-7(13)5-9(11(8)17)23(19,20)21/h4-5,10,17H,3H2,1-2H3,(H,19,20,21). The van der Waals surface area contributed by atoms with E-state index in [1.807, 2.05) is 0 Å². The number of phenolic OH excluding ortho intramolecular Hbond substituents is 1. The van der Waals surface area contributed by atoms with Crippen LogP contribution in [0.3, 0.4) is 0 Å². The van der Waals surface area contributed by atoms with Crippen LogP contribution in [0.4, 0.5) is 5.69 Å². The van der Waals surface area contributed by atoms with E-state index in [9.17, 15) is 23.1 Å². The van der Waals surface area contributed by atoms with Crippen molar-refractivity contribution in [2.75, 3.05) is 6.61 Å². The van der Waals surface area contributed by atoms with Gasteiger partial charge in [0.15, 0.2) is 11.5 Å². The molecule has 9 nitrogen and oxygen atoms in total. The van der Waals surface area contributed by atoms with Crippen molar-refractivity contribution in [3.8, 4) is 5.75 Å². The fraction of sp³-hybridized carbons (Fsp3) is 0.333. The summed E-state index contributed by atoms with van der Waals surface area (Å²) in [6, 6.07) is 0.277. The third-order valence-corrected chi connectivity index (χ3v) is 3.56. The van der Waals surface area contributed by atoms with Crippen LogP contribution >= 0.6 is 11.6 Å². The highest BCUT2D eigenvalue weighted by atomic mass is 35.5. The molecule has 0 spiro atoms. The first-order chi connectivity index (χ1) is 10.6. The first-order valence-electron chi connectivity index (χ1n) is 6.15. The van der Waals surface area contributed by atoms with Crippen molar-refractivity contribution < 1.29 is 32.4 Å². The molecule has 2 N–H and O–H groups in total. The van der Waals surface area contributed by atoms with Crippen LogP contribution in [0.15, 0.2) is 27.3 Å². The predicted molar refractivity (Wildman–Crippen MR) is 78.5 cm³/mol. The van der Waals surface area contributed by atoms with E-state index in [-0.39, 0.29) is 11.6 Å². The average molecular weight is 365 g/mol. The molecule has 0 heterocycles. The Kier molecular flexibility index (Phi) is 6.19.